The van der Waals surface area contributed by atoms with E-state index in [9.17, 15) is 0 Å². The van der Waals surface area contributed by atoms with Crippen LogP contribution in [0.1, 0.15) is 43.2 Å². The maximum Gasteiger partial charge on any atom is 0.158 e. The summed E-state index contributed by atoms with van der Waals surface area (Å²) < 4.78 is 9.73. The highest BCUT2D eigenvalue weighted by molar-refractivity contribution is 5.76. The normalized spacial score (nSPS) is 18.1. The van der Waals surface area contributed by atoms with Gasteiger partial charge in [0.15, 0.2) is 11.5 Å². The Labute approximate surface area is 209 Å². The molecule has 4 aromatic heterocycles. The fraction of sp³-hybridized carbons (Fsp3) is 0.333. The number of aryl methyl sites for hydroxylation is 2. The van der Waals surface area contributed by atoms with Gasteiger partial charge in [-0.2, -0.15) is 10.2 Å². The van der Waals surface area contributed by atoms with E-state index in [1.165, 1.54) is 31.2 Å². The van der Waals surface area contributed by atoms with Crippen molar-refractivity contribution < 1.29 is 4.74 Å². The summed E-state index contributed by atoms with van der Waals surface area (Å²) >= 11 is 0. The fourth-order valence-corrected chi connectivity index (χ4v) is 5.11. The molecule has 36 heavy (non-hydrogen) atoms. The monoisotopic (exact) mass is 482 g/mol. The van der Waals surface area contributed by atoms with Crippen molar-refractivity contribution in [3.8, 4) is 11.5 Å². The molecular weight excluding hydrogens is 452 g/mol. The Morgan fingerprint density at radius 2 is 1.78 bits per heavy atom. The number of pyridine rings is 1. The van der Waals surface area contributed by atoms with Gasteiger partial charge in [-0.05, 0) is 92.8 Å². The number of hydrogen-bond donors (Lipinski definition) is 2. The average Bonchev–Trinajstić information content (AvgIpc) is 3.52. The van der Waals surface area contributed by atoms with Crippen LogP contribution < -0.4 is 15.8 Å². The lowest BCUT2D eigenvalue weighted by atomic mass is 9.83. The third-order valence-corrected chi connectivity index (χ3v) is 7.17. The van der Waals surface area contributed by atoms with Gasteiger partial charge in [0.25, 0.3) is 0 Å². The van der Waals surface area contributed by atoms with Crippen LogP contribution in [0.2, 0.25) is 0 Å². The van der Waals surface area contributed by atoms with Crippen molar-refractivity contribution in [1.29, 1.82) is 0 Å². The second-order valence-corrected chi connectivity index (χ2v) is 9.69. The van der Waals surface area contributed by atoms with Crippen molar-refractivity contribution in [1.82, 2.24) is 29.2 Å². The molecule has 1 aliphatic carbocycles. The Bertz CT molecular complexity index is 1500. The maximum absolute atomic E-state index is 6.12. The Hall–Kier alpha value is -3.98. The van der Waals surface area contributed by atoms with Crippen LogP contribution in [-0.2, 0) is 6.42 Å². The predicted molar refractivity (Wildman–Crippen MR) is 139 cm³/mol. The molecule has 4 heterocycles. The SMILES string of the molecule is Cc1cc(Nc2ncnn3ccc(CCC4CCC(N)CC4)c23)ccc1Oc1ccn2ncnc2c1. The van der Waals surface area contributed by atoms with Crippen molar-refractivity contribution >= 4 is 22.7 Å². The summed E-state index contributed by atoms with van der Waals surface area (Å²) in [6, 6.07) is 12.3. The van der Waals surface area contributed by atoms with E-state index in [1.807, 2.05) is 48.1 Å². The summed E-state index contributed by atoms with van der Waals surface area (Å²) in [5.41, 5.74) is 11.1. The van der Waals surface area contributed by atoms with Crippen molar-refractivity contribution in [3.05, 3.63) is 72.6 Å². The van der Waals surface area contributed by atoms with Gasteiger partial charge in [0.1, 0.15) is 29.7 Å². The molecular formula is C27H30N8O. The number of hydrogen-bond acceptors (Lipinski definition) is 7. The lowest BCUT2D eigenvalue weighted by molar-refractivity contribution is 0.311. The zero-order valence-electron chi connectivity index (χ0n) is 20.3. The topological polar surface area (TPSA) is 108 Å². The Morgan fingerprint density at radius 1 is 0.972 bits per heavy atom. The molecule has 0 atom stereocenters. The molecule has 1 aliphatic rings. The average molecular weight is 483 g/mol. The van der Waals surface area contributed by atoms with Crippen molar-refractivity contribution in [2.24, 2.45) is 11.7 Å². The van der Waals surface area contributed by atoms with Crippen molar-refractivity contribution in [2.45, 2.75) is 51.5 Å². The van der Waals surface area contributed by atoms with Gasteiger partial charge in [-0.25, -0.2) is 19.0 Å². The summed E-state index contributed by atoms with van der Waals surface area (Å²) in [5.74, 6) is 3.06. The summed E-state index contributed by atoms with van der Waals surface area (Å²) in [6.07, 6.45) is 13.9. The summed E-state index contributed by atoms with van der Waals surface area (Å²) in [4.78, 5) is 8.79. The van der Waals surface area contributed by atoms with Gasteiger partial charge < -0.3 is 15.8 Å². The van der Waals surface area contributed by atoms with E-state index in [4.69, 9.17) is 10.5 Å². The molecule has 0 aliphatic heterocycles. The molecule has 3 N–H and O–H groups in total. The standard InChI is InChI=1S/C27H30N8O/c1-18-14-22(8-9-24(18)36-23-11-13-34-25(15-23)29-16-31-34)33-27-26-20(10-12-35(26)32-17-30-27)5-2-19-3-6-21(28)7-4-19/h8-17,19,21H,2-7,28H2,1H3,(H,30,32,33). The molecule has 0 unspecified atom stereocenters. The number of ether oxygens (including phenoxy) is 1. The number of nitrogens with zero attached hydrogens (tertiary/aromatic N) is 6. The van der Waals surface area contributed by atoms with E-state index in [0.717, 1.165) is 64.9 Å². The number of nitrogens with two attached hydrogens (primary N) is 1. The molecule has 1 saturated carbocycles. The van der Waals surface area contributed by atoms with Crippen molar-refractivity contribution in [2.75, 3.05) is 5.32 Å². The lowest BCUT2D eigenvalue weighted by Crippen LogP contribution is -2.26. The van der Waals surface area contributed by atoms with Crippen LogP contribution in [0.5, 0.6) is 11.5 Å². The zero-order valence-corrected chi connectivity index (χ0v) is 20.3. The lowest BCUT2D eigenvalue weighted by Gasteiger charge is -2.25. The second kappa shape index (κ2) is 9.58. The quantitative estimate of drug-likeness (QED) is 0.334. The fourth-order valence-electron chi connectivity index (χ4n) is 5.11. The highest BCUT2D eigenvalue weighted by atomic mass is 16.5. The van der Waals surface area contributed by atoms with E-state index in [1.54, 1.807) is 10.8 Å². The van der Waals surface area contributed by atoms with Crippen LogP contribution in [0.25, 0.3) is 11.2 Å². The minimum absolute atomic E-state index is 0.388. The van der Waals surface area contributed by atoms with E-state index in [-0.39, 0.29) is 0 Å². The number of aromatic nitrogens is 6. The van der Waals surface area contributed by atoms with E-state index < -0.39 is 0 Å². The smallest absolute Gasteiger partial charge is 0.158 e. The molecule has 5 aromatic rings. The molecule has 1 aromatic carbocycles. The van der Waals surface area contributed by atoms with Gasteiger partial charge >= 0.3 is 0 Å². The van der Waals surface area contributed by atoms with Gasteiger partial charge in [-0.1, -0.05) is 0 Å². The maximum atomic E-state index is 6.12. The first-order chi connectivity index (χ1) is 17.6. The minimum atomic E-state index is 0.388. The summed E-state index contributed by atoms with van der Waals surface area (Å²) in [6.45, 7) is 2.03. The molecule has 0 spiro atoms. The van der Waals surface area contributed by atoms with Crippen LogP contribution in [0.3, 0.4) is 0 Å². The van der Waals surface area contributed by atoms with Gasteiger partial charge in [0.2, 0.25) is 0 Å². The Morgan fingerprint density at radius 3 is 2.64 bits per heavy atom. The largest absolute Gasteiger partial charge is 0.457 e. The minimum Gasteiger partial charge on any atom is -0.457 e. The Kier molecular flexibility index (Phi) is 5.98. The summed E-state index contributed by atoms with van der Waals surface area (Å²) in [5, 5.41) is 12.0. The van der Waals surface area contributed by atoms with Gasteiger partial charge in [-0.3, -0.25) is 0 Å². The molecule has 9 heteroatoms. The van der Waals surface area contributed by atoms with Gasteiger partial charge in [0, 0.05) is 30.2 Å². The third-order valence-electron chi connectivity index (χ3n) is 7.17. The van der Waals surface area contributed by atoms with E-state index >= 15 is 0 Å². The highest BCUT2D eigenvalue weighted by Gasteiger charge is 2.19. The second-order valence-electron chi connectivity index (χ2n) is 9.69. The molecule has 9 nitrogen and oxygen atoms in total. The molecule has 6 rings (SSSR count). The van der Waals surface area contributed by atoms with Crippen LogP contribution in [0.4, 0.5) is 11.5 Å². The van der Waals surface area contributed by atoms with Gasteiger partial charge in [0.05, 0.1) is 0 Å². The highest BCUT2D eigenvalue weighted by Crippen LogP contribution is 2.32. The summed E-state index contributed by atoms with van der Waals surface area (Å²) in [7, 11) is 0. The van der Waals surface area contributed by atoms with Crippen LogP contribution in [0, 0.1) is 12.8 Å². The van der Waals surface area contributed by atoms with Gasteiger partial charge in [-0.15, -0.1) is 0 Å². The molecule has 0 amide bonds. The van der Waals surface area contributed by atoms with Crippen LogP contribution in [-0.4, -0.2) is 35.2 Å². The molecule has 0 bridgehead atoms. The predicted octanol–water partition coefficient (Wildman–Crippen LogP) is 5.07. The molecule has 1 fully saturated rings. The first-order valence-corrected chi connectivity index (χ1v) is 12.5. The number of fused-ring (bicyclic) bond motifs is 2. The number of rotatable bonds is 7. The number of nitrogens with one attached hydrogen (secondary N) is 1. The third kappa shape index (κ3) is 4.61. The van der Waals surface area contributed by atoms with E-state index in [2.05, 4.69) is 37.6 Å². The molecule has 184 valence electrons. The number of anilines is 2. The molecule has 0 radical (unpaired) electrons. The number of benzene rings is 1. The van der Waals surface area contributed by atoms with Crippen molar-refractivity contribution in [3.63, 3.8) is 0 Å². The van der Waals surface area contributed by atoms with E-state index in [0.29, 0.717) is 6.04 Å². The van der Waals surface area contributed by atoms with Crippen LogP contribution >= 0.6 is 0 Å². The molecule has 0 saturated heterocycles. The van der Waals surface area contributed by atoms with Crippen LogP contribution in [0.15, 0.2) is 61.4 Å². The first-order valence-electron chi connectivity index (χ1n) is 12.5. The Balaban J connectivity index is 1.19. The zero-order chi connectivity index (χ0) is 24.5. The first kappa shape index (κ1) is 22.5.